The van der Waals surface area contributed by atoms with Gasteiger partial charge in [-0.2, -0.15) is 0 Å². The van der Waals surface area contributed by atoms with Gasteiger partial charge in [-0.25, -0.2) is 18.8 Å². The number of benzene rings is 3. The van der Waals surface area contributed by atoms with Gasteiger partial charge in [0, 0.05) is 15.6 Å². The summed E-state index contributed by atoms with van der Waals surface area (Å²) >= 11 is 11.9. The van der Waals surface area contributed by atoms with Crippen molar-refractivity contribution in [3.8, 4) is 0 Å². The quantitative estimate of drug-likeness (QED) is 0.241. The van der Waals surface area contributed by atoms with Crippen molar-refractivity contribution >= 4 is 41.6 Å². The van der Waals surface area contributed by atoms with E-state index in [9.17, 15) is 18.8 Å². The van der Waals surface area contributed by atoms with Gasteiger partial charge < -0.3 is 14.2 Å². The number of rotatable bonds is 9. The maximum Gasteiger partial charge on any atom is 0.419 e. The number of carbonyl (C=O) groups excluding carboxylic acids is 3. The highest BCUT2D eigenvalue weighted by Crippen LogP contribution is 2.32. The van der Waals surface area contributed by atoms with Crippen LogP contribution in [-0.2, 0) is 47.4 Å². The minimum atomic E-state index is -2.63. The number of hydrogen-bond acceptors (Lipinski definition) is 6. The Balaban J connectivity index is 1.91. The molecule has 0 heterocycles. The molecule has 9 heteroatoms. The summed E-state index contributed by atoms with van der Waals surface area (Å²) in [6.45, 7) is 0.568. The first kappa shape index (κ1) is 24.2. The van der Waals surface area contributed by atoms with Gasteiger partial charge in [-0.1, -0.05) is 59.6 Å². The van der Waals surface area contributed by atoms with Crippen molar-refractivity contribution in [3.63, 3.8) is 0 Å². The van der Waals surface area contributed by atoms with Gasteiger partial charge in [-0.15, -0.1) is 0 Å². The van der Waals surface area contributed by atoms with E-state index in [0.29, 0.717) is 16.1 Å². The van der Waals surface area contributed by atoms with E-state index in [-0.39, 0.29) is 23.8 Å². The molecule has 0 spiro atoms. The summed E-state index contributed by atoms with van der Waals surface area (Å²) in [5, 5.41) is 0.657. The fraction of sp³-hybridized carbons (Fsp3) is 0.125. The Bertz CT molecular complexity index is 1070. The molecule has 0 saturated heterocycles. The van der Waals surface area contributed by atoms with Crippen LogP contribution in [0.4, 0.5) is 4.39 Å². The zero-order valence-corrected chi connectivity index (χ0v) is 18.4. The highest BCUT2D eigenvalue weighted by atomic mass is 35.5. The molecular weight excluding hydrogens is 474 g/mol. The third-order valence-corrected chi connectivity index (χ3v) is 5.05. The molecule has 0 bridgehead atoms. The fourth-order valence-corrected chi connectivity index (χ4v) is 3.21. The lowest BCUT2D eigenvalue weighted by molar-refractivity contribution is -0.185. The Labute approximate surface area is 198 Å². The Morgan fingerprint density at radius 1 is 0.818 bits per heavy atom. The van der Waals surface area contributed by atoms with Crippen LogP contribution in [0.15, 0.2) is 72.8 Å². The molecule has 0 aliphatic carbocycles. The zero-order chi connectivity index (χ0) is 23.8. The number of halogens is 3. The van der Waals surface area contributed by atoms with Crippen molar-refractivity contribution in [2.45, 2.75) is 18.8 Å². The van der Waals surface area contributed by atoms with Crippen LogP contribution >= 0.6 is 23.2 Å². The Kier molecular flexibility index (Phi) is 8.03. The normalized spacial score (nSPS) is 12.3. The van der Waals surface area contributed by atoms with Gasteiger partial charge in [-0.05, 0) is 47.5 Å². The van der Waals surface area contributed by atoms with E-state index < -0.39 is 23.4 Å². The summed E-state index contributed by atoms with van der Waals surface area (Å²) in [7, 11) is 0. The molecule has 0 amide bonds. The van der Waals surface area contributed by atoms with Gasteiger partial charge >= 0.3 is 24.0 Å². The number of ether oxygens (including phenoxy) is 3. The topological polar surface area (TPSA) is 78.9 Å². The molecule has 3 rings (SSSR count). The second-order valence-electron chi connectivity index (χ2n) is 6.78. The summed E-state index contributed by atoms with van der Waals surface area (Å²) in [6, 6.07) is 17.2. The summed E-state index contributed by atoms with van der Waals surface area (Å²) < 4.78 is 28.6. The summed E-state index contributed by atoms with van der Waals surface area (Å²) in [5.41, 5.74) is -1.71. The number of hydrogen-bond donors (Lipinski definition) is 0. The Morgan fingerprint density at radius 2 is 1.36 bits per heavy atom. The molecule has 1 atom stereocenters. The van der Waals surface area contributed by atoms with Crippen molar-refractivity contribution in [2.75, 3.05) is 0 Å². The van der Waals surface area contributed by atoms with Crippen LogP contribution in [0, 0.1) is 5.82 Å². The predicted molar refractivity (Wildman–Crippen MR) is 117 cm³/mol. The third-order valence-electron chi connectivity index (χ3n) is 4.57. The largest absolute Gasteiger partial charge is 0.457 e. The standard InChI is InChI=1S/C24H16Cl2FO6/c25-19-8-4-16(5-9-19)13-31-22(29)24(33-15-28,18-2-1-3-20(26)12-18)23(30)32-14-17-6-10-21(27)11-7-17/h1-12H,13-14H2. The predicted octanol–water partition coefficient (Wildman–Crippen LogP) is 4.90. The van der Waals surface area contributed by atoms with Crippen LogP contribution in [0.3, 0.4) is 0 Å². The summed E-state index contributed by atoms with van der Waals surface area (Å²) in [6.07, 6.45) is 0. The highest BCUT2D eigenvalue weighted by Gasteiger charge is 2.54. The van der Waals surface area contributed by atoms with E-state index in [2.05, 4.69) is 0 Å². The molecule has 3 aromatic carbocycles. The molecule has 0 fully saturated rings. The molecule has 3 aromatic rings. The lowest BCUT2D eigenvalue weighted by Crippen LogP contribution is -2.48. The fourth-order valence-electron chi connectivity index (χ4n) is 2.89. The average molecular weight is 490 g/mol. The van der Waals surface area contributed by atoms with Crippen LogP contribution in [0.5, 0.6) is 0 Å². The maximum absolute atomic E-state index is 13.2. The molecule has 0 aromatic heterocycles. The molecule has 6 nitrogen and oxygen atoms in total. The summed E-state index contributed by atoms with van der Waals surface area (Å²) in [4.78, 5) is 37.6. The lowest BCUT2D eigenvalue weighted by Gasteiger charge is -2.27. The van der Waals surface area contributed by atoms with E-state index in [1.165, 1.54) is 48.5 Å². The van der Waals surface area contributed by atoms with Gasteiger partial charge in [0.25, 0.3) is 0 Å². The lowest BCUT2D eigenvalue weighted by atomic mass is 9.93. The van der Waals surface area contributed by atoms with Crippen molar-refractivity contribution in [3.05, 3.63) is 105 Å². The monoisotopic (exact) mass is 489 g/mol. The molecule has 1 unspecified atom stereocenters. The minimum absolute atomic E-state index is 0.0939. The van der Waals surface area contributed by atoms with Crippen molar-refractivity contribution in [1.29, 1.82) is 0 Å². The first-order valence-electron chi connectivity index (χ1n) is 9.49. The van der Waals surface area contributed by atoms with Gasteiger partial charge in [0.1, 0.15) is 19.0 Å². The highest BCUT2D eigenvalue weighted by molar-refractivity contribution is 6.31. The van der Waals surface area contributed by atoms with E-state index in [4.69, 9.17) is 37.4 Å². The van der Waals surface area contributed by atoms with Crippen molar-refractivity contribution in [1.82, 2.24) is 0 Å². The SMILES string of the molecule is O=[C]OC(C(=O)OCc1ccc(F)cc1)(C(=O)OCc1ccc(Cl)cc1)c1cccc(Cl)c1. The third kappa shape index (κ3) is 5.88. The second kappa shape index (κ2) is 10.9. The average Bonchev–Trinajstić information content (AvgIpc) is 2.81. The van der Waals surface area contributed by atoms with Gasteiger partial charge in [0.15, 0.2) is 0 Å². The van der Waals surface area contributed by atoms with E-state index in [1.54, 1.807) is 24.3 Å². The van der Waals surface area contributed by atoms with Crippen molar-refractivity contribution < 1.29 is 33.0 Å². The van der Waals surface area contributed by atoms with Crippen LogP contribution in [-0.4, -0.2) is 18.4 Å². The number of esters is 2. The van der Waals surface area contributed by atoms with E-state index >= 15 is 0 Å². The number of carbonyl (C=O) groups is 2. The second-order valence-corrected chi connectivity index (χ2v) is 7.65. The molecule has 0 aliphatic heterocycles. The smallest absolute Gasteiger partial charge is 0.419 e. The molecular formula is C24H16Cl2FO6. The Hall–Kier alpha value is -3.42. The first-order chi connectivity index (χ1) is 15.8. The van der Waals surface area contributed by atoms with Crippen LogP contribution < -0.4 is 0 Å². The van der Waals surface area contributed by atoms with Crippen LogP contribution in [0.2, 0.25) is 10.0 Å². The first-order valence-corrected chi connectivity index (χ1v) is 10.3. The molecule has 0 saturated carbocycles. The molecule has 1 radical (unpaired) electrons. The van der Waals surface area contributed by atoms with Gasteiger partial charge in [0.05, 0.1) is 0 Å². The maximum atomic E-state index is 13.2. The van der Waals surface area contributed by atoms with E-state index in [0.717, 1.165) is 6.47 Å². The van der Waals surface area contributed by atoms with Crippen LogP contribution in [0.25, 0.3) is 0 Å². The van der Waals surface area contributed by atoms with Crippen molar-refractivity contribution in [2.24, 2.45) is 0 Å². The van der Waals surface area contributed by atoms with Gasteiger partial charge in [0.2, 0.25) is 0 Å². The van der Waals surface area contributed by atoms with Crippen LogP contribution in [0.1, 0.15) is 16.7 Å². The van der Waals surface area contributed by atoms with E-state index in [1.807, 2.05) is 0 Å². The molecule has 0 aliphatic rings. The molecule has 0 N–H and O–H groups in total. The zero-order valence-electron chi connectivity index (χ0n) is 16.9. The minimum Gasteiger partial charge on any atom is -0.457 e. The Morgan fingerprint density at radius 3 is 1.88 bits per heavy atom. The molecule has 169 valence electrons. The summed E-state index contributed by atoms with van der Waals surface area (Å²) in [5.74, 6) is -2.92. The molecule has 33 heavy (non-hydrogen) atoms. The van der Waals surface area contributed by atoms with Gasteiger partial charge in [-0.3, -0.25) is 0 Å².